The molecule has 306 valence electrons. The highest BCUT2D eigenvalue weighted by atomic mass is 32.1. The van der Waals surface area contributed by atoms with Crippen LogP contribution in [0.4, 0.5) is 5.82 Å². The second-order valence-electron chi connectivity index (χ2n) is 16.5. The molecule has 8 rings (SSSR count). The van der Waals surface area contributed by atoms with E-state index in [9.17, 15) is 4.79 Å². The van der Waals surface area contributed by atoms with Crippen LogP contribution < -0.4 is 5.32 Å². The predicted octanol–water partition coefficient (Wildman–Crippen LogP) is 13.6. The van der Waals surface area contributed by atoms with Crippen molar-refractivity contribution in [3.8, 4) is 11.4 Å². The van der Waals surface area contributed by atoms with Crippen LogP contribution in [0.25, 0.3) is 22.3 Å². The van der Waals surface area contributed by atoms with Crippen molar-refractivity contribution >= 4 is 34.2 Å². The Morgan fingerprint density at radius 1 is 0.695 bits per heavy atom. The highest BCUT2D eigenvalue weighted by Gasteiger charge is 2.25. The highest BCUT2D eigenvalue weighted by Crippen LogP contribution is 2.38. The molecule has 1 amide bonds. The smallest absolute Gasteiger partial charge is 0.225 e. The third kappa shape index (κ3) is 13.0. The number of amides is 1. The van der Waals surface area contributed by atoms with Gasteiger partial charge in [0.05, 0.1) is 5.52 Å². The lowest BCUT2D eigenvalue weighted by molar-refractivity contribution is -0.116. The predicted molar refractivity (Wildman–Crippen MR) is 249 cm³/mol. The number of carbonyl (C=O) groups excluding carboxylic acids is 1. The number of aryl methyl sites for hydroxylation is 3. The number of hydrogen-bond acceptors (Lipinski definition) is 6. The summed E-state index contributed by atoms with van der Waals surface area (Å²) in [6, 6.07) is 44.0. The zero-order valence-corrected chi connectivity index (χ0v) is 37.1. The molecule has 59 heavy (non-hydrogen) atoms. The van der Waals surface area contributed by atoms with Crippen LogP contribution in [0.2, 0.25) is 0 Å². The second kappa shape index (κ2) is 22.0. The molecular weight excluding hydrogens is 743 g/mol. The van der Waals surface area contributed by atoms with Crippen molar-refractivity contribution in [1.82, 2.24) is 19.3 Å². The first-order chi connectivity index (χ1) is 28.4. The number of nitrogens with one attached hydrogen (secondary N) is 1. The number of rotatable bonds is 7. The largest absolute Gasteiger partial charge is 0.311 e. The molecule has 6 nitrogen and oxygen atoms in total. The molecule has 3 aromatic heterocycles. The summed E-state index contributed by atoms with van der Waals surface area (Å²) in [6.45, 7) is 19.5. The van der Waals surface area contributed by atoms with Crippen LogP contribution in [0.1, 0.15) is 118 Å². The maximum absolute atomic E-state index is 11.3. The van der Waals surface area contributed by atoms with E-state index in [-0.39, 0.29) is 5.91 Å². The Balaban J connectivity index is 0.000000151. The van der Waals surface area contributed by atoms with Gasteiger partial charge in [-0.1, -0.05) is 159 Å². The fourth-order valence-electron chi connectivity index (χ4n) is 7.28. The lowest BCUT2D eigenvalue weighted by Crippen LogP contribution is -2.14. The average molecular weight is 804 g/mol. The molecule has 0 unspecified atom stereocenters. The topological polar surface area (TPSA) is 80.7 Å². The van der Waals surface area contributed by atoms with Crippen molar-refractivity contribution < 1.29 is 4.79 Å². The van der Waals surface area contributed by atoms with Gasteiger partial charge in [0.1, 0.15) is 10.8 Å². The second-order valence-corrected chi connectivity index (χ2v) is 17.3. The molecule has 0 radical (unpaired) electrons. The fourth-order valence-corrected chi connectivity index (χ4v) is 7.94. The summed E-state index contributed by atoms with van der Waals surface area (Å²) in [5.74, 6) is 4.08. The van der Waals surface area contributed by atoms with Crippen molar-refractivity contribution in [2.75, 3.05) is 5.32 Å². The third-order valence-electron chi connectivity index (χ3n) is 10.1. The average Bonchev–Trinajstić information content (AvgIpc) is 3.66. The number of aromatic nitrogens is 4. The van der Waals surface area contributed by atoms with Crippen LogP contribution in [0, 0.1) is 18.8 Å². The first kappa shape index (κ1) is 44.6. The molecule has 0 saturated heterocycles. The SMILES string of the molecule is CC(C)C1c2ccccc2CCc2ccccc21.CC(C)CC(=O)Nc1ccccn1.CC(C)c1nc(-c2ccccc2)ns1.Cc1cc(C(C)C)c2ccccc2n1. The molecule has 0 spiro atoms. The van der Waals surface area contributed by atoms with E-state index in [4.69, 9.17) is 0 Å². The summed E-state index contributed by atoms with van der Waals surface area (Å²) in [7, 11) is 0. The van der Waals surface area contributed by atoms with Crippen LogP contribution in [-0.4, -0.2) is 25.2 Å². The summed E-state index contributed by atoms with van der Waals surface area (Å²) in [5, 5.41) is 5.11. The Kier molecular flexibility index (Phi) is 16.6. The molecule has 3 heterocycles. The van der Waals surface area contributed by atoms with Gasteiger partial charge in [0.2, 0.25) is 5.91 Å². The molecule has 4 aromatic carbocycles. The van der Waals surface area contributed by atoms with E-state index in [1.165, 1.54) is 57.6 Å². The van der Waals surface area contributed by atoms with Gasteiger partial charge in [-0.15, -0.1) is 0 Å². The molecule has 1 aliphatic rings. The number of fused-ring (bicyclic) bond motifs is 3. The molecule has 0 saturated carbocycles. The van der Waals surface area contributed by atoms with Crippen molar-refractivity contribution in [3.05, 3.63) is 172 Å². The number of anilines is 1. The van der Waals surface area contributed by atoms with E-state index in [0.717, 1.165) is 27.6 Å². The summed E-state index contributed by atoms with van der Waals surface area (Å²) in [6.07, 6.45) is 4.55. The maximum Gasteiger partial charge on any atom is 0.225 e. The Morgan fingerprint density at radius 3 is 1.85 bits per heavy atom. The Morgan fingerprint density at radius 2 is 1.29 bits per heavy atom. The van der Waals surface area contributed by atoms with Gasteiger partial charge in [-0.25, -0.2) is 9.97 Å². The number of pyridine rings is 2. The fraction of sp³-hybridized carbons (Fsp3) is 0.327. The number of para-hydroxylation sites is 1. The minimum absolute atomic E-state index is 0.0219. The van der Waals surface area contributed by atoms with Crippen molar-refractivity contribution in [2.24, 2.45) is 11.8 Å². The van der Waals surface area contributed by atoms with E-state index < -0.39 is 0 Å². The lowest BCUT2D eigenvalue weighted by Gasteiger charge is -2.24. The van der Waals surface area contributed by atoms with Crippen LogP contribution in [0.15, 0.2) is 134 Å². The number of benzene rings is 4. The van der Waals surface area contributed by atoms with Crippen molar-refractivity contribution in [1.29, 1.82) is 0 Å². The quantitative estimate of drug-likeness (QED) is 0.174. The van der Waals surface area contributed by atoms with E-state index in [2.05, 4.69) is 146 Å². The van der Waals surface area contributed by atoms with E-state index in [1.807, 2.05) is 62.4 Å². The standard InChI is InChI=1S/C18H20.C13H15N.C11H12N2S.C10H14N2O/c1-13(2)18-16-9-5-3-7-14(16)11-12-15-8-4-6-10-17(15)18;1-9(2)12-8-10(3)14-13-7-5-4-6-11(12)13;1-8(2)11-12-10(13-14-11)9-6-4-3-5-7-9;1-8(2)7-10(13)12-9-5-3-4-6-11-9/h3-10,13,18H,11-12H2,1-2H3;4-9H,1-3H3;3-8H,1-2H3;3-6,8H,7H2,1-2H3,(H,11,12,13). The minimum Gasteiger partial charge on any atom is -0.311 e. The normalized spacial score (nSPS) is 12.0. The van der Waals surface area contributed by atoms with E-state index >= 15 is 0 Å². The molecule has 0 fully saturated rings. The molecule has 7 heteroatoms. The molecule has 1 aliphatic carbocycles. The van der Waals surface area contributed by atoms with Gasteiger partial charge >= 0.3 is 0 Å². The van der Waals surface area contributed by atoms with Crippen LogP contribution in [0.3, 0.4) is 0 Å². The number of carbonyl (C=O) groups is 1. The molecule has 7 aromatic rings. The first-order valence-corrected chi connectivity index (χ1v) is 21.8. The van der Waals surface area contributed by atoms with Gasteiger partial charge in [-0.05, 0) is 101 Å². The van der Waals surface area contributed by atoms with Crippen molar-refractivity contribution in [3.63, 3.8) is 0 Å². The Hall–Kier alpha value is -5.53. The lowest BCUT2D eigenvalue weighted by atomic mass is 9.80. The molecular formula is C52H61N5OS. The summed E-state index contributed by atoms with van der Waals surface area (Å²) in [4.78, 5) is 24.3. The summed E-state index contributed by atoms with van der Waals surface area (Å²) in [5.41, 5.74) is 10.8. The van der Waals surface area contributed by atoms with Crippen LogP contribution >= 0.6 is 11.5 Å². The molecule has 0 aliphatic heterocycles. The van der Waals surface area contributed by atoms with E-state index in [0.29, 0.717) is 41.8 Å². The zero-order valence-electron chi connectivity index (χ0n) is 36.3. The van der Waals surface area contributed by atoms with Crippen LogP contribution in [0.5, 0.6) is 0 Å². The minimum atomic E-state index is 0.0219. The summed E-state index contributed by atoms with van der Waals surface area (Å²) < 4.78 is 4.34. The zero-order chi connectivity index (χ0) is 42.3. The Labute approximate surface area is 356 Å². The number of nitrogens with zero attached hydrogens (tertiary/aromatic N) is 4. The highest BCUT2D eigenvalue weighted by molar-refractivity contribution is 7.05. The molecule has 0 atom stereocenters. The third-order valence-corrected chi connectivity index (χ3v) is 11.1. The molecule has 0 bridgehead atoms. The van der Waals surface area contributed by atoms with Gasteiger partial charge in [-0.2, -0.15) is 4.37 Å². The number of hydrogen-bond donors (Lipinski definition) is 1. The first-order valence-electron chi connectivity index (χ1n) is 21.0. The van der Waals surface area contributed by atoms with E-state index in [1.54, 1.807) is 12.3 Å². The van der Waals surface area contributed by atoms with Gasteiger partial charge in [-0.3, -0.25) is 9.78 Å². The van der Waals surface area contributed by atoms with Crippen molar-refractivity contribution in [2.45, 2.75) is 99.3 Å². The monoisotopic (exact) mass is 803 g/mol. The maximum atomic E-state index is 11.3. The van der Waals surface area contributed by atoms with Gasteiger partial charge in [0, 0.05) is 41.1 Å². The molecule has 1 N–H and O–H groups in total. The van der Waals surface area contributed by atoms with Gasteiger partial charge in [0.25, 0.3) is 0 Å². The van der Waals surface area contributed by atoms with Crippen LogP contribution in [-0.2, 0) is 17.6 Å². The Bertz CT molecular complexity index is 2300. The van der Waals surface area contributed by atoms with Gasteiger partial charge < -0.3 is 5.32 Å². The summed E-state index contributed by atoms with van der Waals surface area (Å²) >= 11 is 1.49. The van der Waals surface area contributed by atoms with Gasteiger partial charge in [0.15, 0.2) is 5.82 Å².